The minimum Gasteiger partial charge on any atom is -0.342 e. The molecule has 0 aliphatic rings. The van der Waals surface area contributed by atoms with E-state index in [1.54, 1.807) is 48.3 Å². The molecule has 4 nitrogen and oxygen atoms in total. The minimum atomic E-state index is -0.600. The third-order valence-corrected chi connectivity index (χ3v) is 3.86. The summed E-state index contributed by atoms with van der Waals surface area (Å²) in [5.74, 6) is -0.506. The number of hydrogen-bond acceptors (Lipinski definition) is 2. The van der Waals surface area contributed by atoms with Gasteiger partial charge in [-0.1, -0.05) is 24.3 Å². The zero-order chi connectivity index (χ0) is 17.8. The van der Waals surface area contributed by atoms with E-state index < -0.39 is 17.7 Å². The Bertz CT molecular complexity index is 892. The van der Waals surface area contributed by atoms with Crippen molar-refractivity contribution in [1.82, 2.24) is 14.9 Å². The van der Waals surface area contributed by atoms with Gasteiger partial charge in [0.25, 0.3) is 0 Å². The Balaban J connectivity index is 1.85. The number of nitrogens with one attached hydrogen (secondary N) is 1. The maximum absolute atomic E-state index is 13.6. The molecule has 0 saturated heterocycles. The van der Waals surface area contributed by atoms with Crippen LogP contribution < -0.4 is 5.32 Å². The molecule has 0 fully saturated rings. The van der Waals surface area contributed by atoms with Crippen molar-refractivity contribution >= 4 is 5.91 Å². The van der Waals surface area contributed by atoms with Crippen molar-refractivity contribution in [2.75, 3.05) is 0 Å². The van der Waals surface area contributed by atoms with Crippen molar-refractivity contribution in [3.05, 3.63) is 89.5 Å². The molecule has 0 saturated carbocycles. The van der Waals surface area contributed by atoms with Gasteiger partial charge in [0.15, 0.2) is 0 Å². The summed E-state index contributed by atoms with van der Waals surface area (Å²) in [7, 11) is 1.80. The lowest BCUT2D eigenvalue weighted by Gasteiger charge is -2.19. The van der Waals surface area contributed by atoms with Gasteiger partial charge in [0.1, 0.15) is 23.5 Å². The highest BCUT2D eigenvalue weighted by Crippen LogP contribution is 2.21. The van der Waals surface area contributed by atoms with Gasteiger partial charge in [-0.25, -0.2) is 13.8 Å². The van der Waals surface area contributed by atoms with Crippen LogP contribution >= 0.6 is 0 Å². The Morgan fingerprint density at radius 3 is 2.52 bits per heavy atom. The molecule has 0 aliphatic carbocycles. The third-order valence-electron chi connectivity index (χ3n) is 3.86. The van der Waals surface area contributed by atoms with E-state index in [0.29, 0.717) is 17.0 Å². The third kappa shape index (κ3) is 4.09. The van der Waals surface area contributed by atoms with Crippen LogP contribution in [-0.4, -0.2) is 15.5 Å². The molecular weight excluding hydrogens is 324 g/mol. The number of amides is 1. The summed E-state index contributed by atoms with van der Waals surface area (Å²) in [5.41, 5.74) is 1.15. The fraction of sp³-hybridized carbons (Fsp3) is 0.158. The average Bonchev–Trinajstić information content (AvgIpc) is 2.98. The Labute approximate surface area is 144 Å². The Kier molecular flexibility index (Phi) is 4.88. The number of carbonyl (C=O) groups is 1. The van der Waals surface area contributed by atoms with E-state index in [1.807, 2.05) is 0 Å². The zero-order valence-electron chi connectivity index (χ0n) is 13.6. The van der Waals surface area contributed by atoms with Gasteiger partial charge in [-0.15, -0.1) is 0 Å². The predicted octanol–water partition coefficient (Wildman–Crippen LogP) is 3.15. The molecule has 128 valence electrons. The fourth-order valence-corrected chi connectivity index (χ4v) is 2.68. The number of imidazole rings is 1. The first-order valence-electron chi connectivity index (χ1n) is 7.79. The van der Waals surface area contributed by atoms with Gasteiger partial charge in [-0.05, 0) is 35.4 Å². The minimum absolute atomic E-state index is 0.0218. The number of halogens is 2. The smallest absolute Gasteiger partial charge is 0.225 e. The number of carbonyl (C=O) groups excluding carboxylic acids is 1. The van der Waals surface area contributed by atoms with E-state index in [2.05, 4.69) is 10.3 Å². The molecule has 1 atom stereocenters. The second-order valence-corrected chi connectivity index (χ2v) is 5.76. The summed E-state index contributed by atoms with van der Waals surface area (Å²) in [5, 5.41) is 2.86. The summed E-state index contributed by atoms with van der Waals surface area (Å²) in [4.78, 5) is 16.7. The van der Waals surface area contributed by atoms with Gasteiger partial charge < -0.3 is 9.88 Å². The van der Waals surface area contributed by atoms with Crippen molar-refractivity contribution in [1.29, 1.82) is 0 Å². The first-order chi connectivity index (χ1) is 12.0. The van der Waals surface area contributed by atoms with Gasteiger partial charge in [0.2, 0.25) is 5.91 Å². The van der Waals surface area contributed by atoms with E-state index in [-0.39, 0.29) is 12.3 Å². The standard InChI is InChI=1S/C19H17F2N3O/c1-24-9-8-22-19(24)18(14-5-3-7-16(21)12-14)23-17(25)11-13-4-2-6-15(20)10-13/h2-10,12,18H,11H2,1H3,(H,23,25)/t18-/m1/s1. The van der Waals surface area contributed by atoms with Crippen molar-refractivity contribution in [2.45, 2.75) is 12.5 Å². The van der Waals surface area contributed by atoms with Crippen LogP contribution in [0.5, 0.6) is 0 Å². The van der Waals surface area contributed by atoms with Crippen molar-refractivity contribution in [3.8, 4) is 0 Å². The van der Waals surface area contributed by atoms with Crippen LogP contribution in [-0.2, 0) is 18.3 Å². The first kappa shape index (κ1) is 16.8. The van der Waals surface area contributed by atoms with Crippen LogP contribution in [0.2, 0.25) is 0 Å². The lowest BCUT2D eigenvalue weighted by molar-refractivity contribution is -0.121. The van der Waals surface area contributed by atoms with E-state index in [0.717, 1.165) is 0 Å². The monoisotopic (exact) mass is 341 g/mol. The van der Waals surface area contributed by atoms with E-state index in [9.17, 15) is 13.6 Å². The molecule has 0 spiro atoms. The predicted molar refractivity (Wildman–Crippen MR) is 89.7 cm³/mol. The molecule has 1 N–H and O–H groups in total. The summed E-state index contributed by atoms with van der Waals surface area (Å²) >= 11 is 0. The maximum atomic E-state index is 13.6. The molecule has 1 amide bonds. The summed E-state index contributed by atoms with van der Waals surface area (Å²) in [6, 6.07) is 11.3. The normalized spacial score (nSPS) is 12.0. The maximum Gasteiger partial charge on any atom is 0.225 e. The topological polar surface area (TPSA) is 46.9 Å². The molecule has 0 radical (unpaired) electrons. The lowest BCUT2D eigenvalue weighted by Crippen LogP contribution is -2.32. The molecule has 0 bridgehead atoms. The van der Waals surface area contributed by atoms with Gasteiger partial charge in [0, 0.05) is 19.4 Å². The Hall–Kier alpha value is -3.02. The van der Waals surface area contributed by atoms with Crippen LogP contribution in [0, 0.1) is 11.6 Å². The molecule has 3 rings (SSSR count). The van der Waals surface area contributed by atoms with Crippen LogP contribution in [0.15, 0.2) is 60.9 Å². The van der Waals surface area contributed by atoms with Gasteiger partial charge in [-0.2, -0.15) is 0 Å². The van der Waals surface area contributed by atoms with Crippen LogP contribution in [0.3, 0.4) is 0 Å². The molecule has 1 aromatic heterocycles. The molecule has 6 heteroatoms. The molecule has 1 heterocycles. The van der Waals surface area contributed by atoms with Crippen molar-refractivity contribution in [3.63, 3.8) is 0 Å². The Morgan fingerprint density at radius 1 is 1.16 bits per heavy atom. The average molecular weight is 341 g/mol. The van der Waals surface area contributed by atoms with E-state index in [1.165, 1.54) is 24.3 Å². The summed E-state index contributed by atoms with van der Waals surface area (Å²) in [6.45, 7) is 0. The number of rotatable bonds is 5. The number of nitrogens with zero attached hydrogens (tertiary/aromatic N) is 2. The fourth-order valence-electron chi connectivity index (χ4n) is 2.68. The molecule has 0 aliphatic heterocycles. The number of hydrogen-bond donors (Lipinski definition) is 1. The summed E-state index contributed by atoms with van der Waals surface area (Å²) in [6.07, 6.45) is 3.38. The van der Waals surface area contributed by atoms with Crippen LogP contribution in [0.25, 0.3) is 0 Å². The molecule has 2 aromatic carbocycles. The molecular formula is C19H17F2N3O. The highest BCUT2D eigenvalue weighted by atomic mass is 19.1. The second-order valence-electron chi connectivity index (χ2n) is 5.76. The Morgan fingerprint density at radius 2 is 1.88 bits per heavy atom. The van der Waals surface area contributed by atoms with Crippen molar-refractivity contribution in [2.24, 2.45) is 7.05 Å². The molecule has 0 unspecified atom stereocenters. The van der Waals surface area contributed by atoms with Crippen molar-refractivity contribution < 1.29 is 13.6 Å². The molecule has 25 heavy (non-hydrogen) atoms. The number of benzene rings is 2. The lowest BCUT2D eigenvalue weighted by atomic mass is 10.0. The van der Waals surface area contributed by atoms with E-state index in [4.69, 9.17) is 0 Å². The quantitative estimate of drug-likeness (QED) is 0.775. The largest absolute Gasteiger partial charge is 0.342 e. The number of aryl methyl sites for hydroxylation is 1. The highest BCUT2D eigenvalue weighted by Gasteiger charge is 2.21. The zero-order valence-corrected chi connectivity index (χ0v) is 13.6. The summed E-state index contributed by atoms with van der Waals surface area (Å²) < 4.78 is 28.7. The highest BCUT2D eigenvalue weighted by molar-refractivity contribution is 5.79. The molecule has 3 aromatic rings. The van der Waals surface area contributed by atoms with Crippen LogP contribution in [0.4, 0.5) is 8.78 Å². The number of aromatic nitrogens is 2. The van der Waals surface area contributed by atoms with Gasteiger partial charge >= 0.3 is 0 Å². The SMILES string of the molecule is Cn1ccnc1[C@H](NC(=O)Cc1cccc(F)c1)c1cccc(F)c1. The van der Waals surface area contributed by atoms with E-state index >= 15 is 0 Å². The van der Waals surface area contributed by atoms with Gasteiger partial charge in [-0.3, -0.25) is 4.79 Å². The van der Waals surface area contributed by atoms with Gasteiger partial charge in [0.05, 0.1) is 6.42 Å². The second kappa shape index (κ2) is 7.25. The van der Waals surface area contributed by atoms with Crippen LogP contribution in [0.1, 0.15) is 23.0 Å². The first-order valence-corrected chi connectivity index (χ1v) is 7.79.